The molecule has 0 fully saturated rings. The van der Waals surface area contributed by atoms with E-state index in [0.29, 0.717) is 51.1 Å². The Morgan fingerprint density at radius 3 is 2.67 bits per heavy atom. The van der Waals surface area contributed by atoms with Crippen LogP contribution in [0.1, 0.15) is 31.2 Å². The number of benzene rings is 2. The molecule has 0 aliphatic rings. The number of nitrogens with zero attached hydrogens (tertiary/aromatic N) is 3. The van der Waals surface area contributed by atoms with Gasteiger partial charge in [-0.1, -0.05) is 65.1 Å². The van der Waals surface area contributed by atoms with Crippen LogP contribution in [0, 0.1) is 0 Å². The topological polar surface area (TPSA) is 56.5 Å². The molecule has 3 aromatic rings. The van der Waals surface area contributed by atoms with Crippen LogP contribution in [0.2, 0.25) is 10.0 Å². The number of ether oxygens (including phenoxy) is 1. The third-order valence-electron chi connectivity index (χ3n) is 4.32. The SMILES string of the molecule is C=CCOc1c(Cl)cc(C=Nn2c(CCCC)nc3ccc(Br)cc3c2=O)cc1Cl. The molecule has 0 spiro atoms. The molecular formula is C22H20BrCl2N3O2. The zero-order valence-corrected chi connectivity index (χ0v) is 19.5. The maximum Gasteiger partial charge on any atom is 0.282 e. The van der Waals surface area contributed by atoms with Gasteiger partial charge >= 0.3 is 0 Å². The molecule has 0 aliphatic heterocycles. The molecule has 0 aliphatic carbocycles. The predicted octanol–water partition coefficient (Wildman–Crippen LogP) is 6.26. The van der Waals surface area contributed by atoms with E-state index in [4.69, 9.17) is 27.9 Å². The highest BCUT2D eigenvalue weighted by Crippen LogP contribution is 2.33. The molecule has 0 unspecified atom stereocenters. The van der Waals surface area contributed by atoms with Crippen molar-refractivity contribution in [3.05, 3.63) is 79.2 Å². The Morgan fingerprint density at radius 2 is 2.00 bits per heavy atom. The average Bonchev–Trinajstić information content (AvgIpc) is 2.71. The lowest BCUT2D eigenvalue weighted by Crippen LogP contribution is -2.22. The van der Waals surface area contributed by atoms with Crippen LogP contribution in [0.15, 0.2) is 57.4 Å². The van der Waals surface area contributed by atoms with E-state index >= 15 is 0 Å². The van der Waals surface area contributed by atoms with Gasteiger partial charge in [-0.3, -0.25) is 4.79 Å². The van der Waals surface area contributed by atoms with Crippen molar-refractivity contribution in [3.63, 3.8) is 0 Å². The second kappa shape index (κ2) is 10.2. The zero-order chi connectivity index (χ0) is 21.7. The molecule has 156 valence electrons. The van der Waals surface area contributed by atoms with Crippen LogP contribution >= 0.6 is 39.1 Å². The van der Waals surface area contributed by atoms with Crippen molar-refractivity contribution in [2.75, 3.05) is 6.61 Å². The van der Waals surface area contributed by atoms with Crippen molar-refractivity contribution in [2.45, 2.75) is 26.2 Å². The number of aryl methyl sites for hydroxylation is 1. The van der Waals surface area contributed by atoms with Gasteiger partial charge in [0.2, 0.25) is 0 Å². The minimum absolute atomic E-state index is 0.230. The third-order valence-corrected chi connectivity index (χ3v) is 5.37. The molecule has 0 N–H and O–H groups in total. The van der Waals surface area contributed by atoms with Crippen molar-refractivity contribution in [2.24, 2.45) is 5.10 Å². The number of aromatic nitrogens is 2. The van der Waals surface area contributed by atoms with E-state index < -0.39 is 0 Å². The Balaban J connectivity index is 2.05. The number of fused-ring (bicyclic) bond motifs is 1. The molecular weight excluding hydrogens is 489 g/mol. The molecule has 0 radical (unpaired) electrons. The van der Waals surface area contributed by atoms with Gasteiger partial charge in [0.15, 0.2) is 5.75 Å². The number of unbranched alkanes of at least 4 members (excludes halogenated alkanes) is 1. The summed E-state index contributed by atoms with van der Waals surface area (Å²) in [6, 6.07) is 8.80. The van der Waals surface area contributed by atoms with Gasteiger partial charge in [0.1, 0.15) is 12.4 Å². The minimum Gasteiger partial charge on any atom is -0.486 e. The first-order chi connectivity index (χ1) is 14.4. The summed E-state index contributed by atoms with van der Waals surface area (Å²) in [5.74, 6) is 0.990. The molecule has 30 heavy (non-hydrogen) atoms. The summed E-state index contributed by atoms with van der Waals surface area (Å²) in [5.41, 5.74) is 1.06. The molecule has 1 aromatic heterocycles. The highest BCUT2D eigenvalue weighted by atomic mass is 79.9. The highest BCUT2D eigenvalue weighted by Gasteiger charge is 2.12. The van der Waals surface area contributed by atoms with Crippen molar-refractivity contribution in [1.82, 2.24) is 9.66 Å². The zero-order valence-electron chi connectivity index (χ0n) is 16.4. The van der Waals surface area contributed by atoms with E-state index in [1.807, 2.05) is 12.1 Å². The number of rotatable bonds is 8. The monoisotopic (exact) mass is 507 g/mol. The van der Waals surface area contributed by atoms with Gasteiger partial charge in [-0.05, 0) is 42.3 Å². The van der Waals surface area contributed by atoms with E-state index in [2.05, 4.69) is 39.5 Å². The summed E-state index contributed by atoms with van der Waals surface area (Å²) in [6.07, 6.45) is 5.67. The molecule has 0 saturated carbocycles. The lowest BCUT2D eigenvalue weighted by molar-refractivity contribution is 0.363. The van der Waals surface area contributed by atoms with Crippen LogP contribution in [0.25, 0.3) is 10.9 Å². The molecule has 3 rings (SSSR count). The van der Waals surface area contributed by atoms with E-state index in [9.17, 15) is 4.79 Å². The van der Waals surface area contributed by atoms with Crippen LogP contribution in [-0.4, -0.2) is 22.5 Å². The standard InChI is InChI=1S/C22H20BrCl2N3O2/c1-3-5-6-20-27-19-8-7-15(23)12-16(19)22(29)28(20)26-13-14-10-17(24)21(18(25)11-14)30-9-4-2/h4,7-8,10-13H,2-3,5-6,9H2,1H3. The maximum absolute atomic E-state index is 13.1. The maximum atomic E-state index is 13.1. The quantitative estimate of drug-likeness (QED) is 0.266. The van der Waals surface area contributed by atoms with Crippen molar-refractivity contribution < 1.29 is 4.74 Å². The highest BCUT2D eigenvalue weighted by molar-refractivity contribution is 9.10. The first-order valence-corrected chi connectivity index (χ1v) is 11.0. The summed E-state index contributed by atoms with van der Waals surface area (Å²) >= 11 is 16.0. The van der Waals surface area contributed by atoms with Crippen LogP contribution < -0.4 is 10.3 Å². The second-order valence-corrected chi connectivity index (χ2v) is 8.30. The van der Waals surface area contributed by atoms with Gasteiger partial charge < -0.3 is 4.74 Å². The molecule has 0 bridgehead atoms. The van der Waals surface area contributed by atoms with E-state index in [1.54, 1.807) is 24.3 Å². The van der Waals surface area contributed by atoms with Gasteiger partial charge in [0, 0.05) is 10.9 Å². The molecule has 0 saturated heterocycles. The van der Waals surface area contributed by atoms with Gasteiger partial charge in [-0.15, -0.1) is 0 Å². The van der Waals surface area contributed by atoms with Gasteiger partial charge in [0.05, 0.1) is 27.2 Å². The molecule has 1 heterocycles. The Hall–Kier alpha value is -2.15. The number of hydrogen-bond acceptors (Lipinski definition) is 4. The largest absolute Gasteiger partial charge is 0.486 e. The fourth-order valence-corrected chi connectivity index (χ4v) is 3.84. The smallest absolute Gasteiger partial charge is 0.282 e. The first-order valence-electron chi connectivity index (χ1n) is 9.43. The fourth-order valence-electron chi connectivity index (χ4n) is 2.87. The minimum atomic E-state index is -0.230. The Labute approximate surface area is 193 Å². The molecule has 5 nitrogen and oxygen atoms in total. The van der Waals surface area contributed by atoms with Crippen molar-refractivity contribution in [3.8, 4) is 5.75 Å². The molecule has 8 heteroatoms. The molecule has 2 aromatic carbocycles. The summed E-state index contributed by atoms with van der Waals surface area (Å²) in [6.45, 7) is 5.99. The Kier molecular flexibility index (Phi) is 7.69. The Morgan fingerprint density at radius 1 is 1.27 bits per heavy atom. The average molecular weight is 509 g/mol. The van der Waals surface area contributed by atoms with Gasteiger partial charge in [-0.2, -0.15) is 9.78 Å². The summed E-state index contributed by atoms with van der Waals surface area (Å²) in [4.78, 5) is 17.8. The third kappa shape index (κ3) is 5.12. The van der Waals surface area contributed by atoms with Crippen LogP contribution in [0.3, 0.4) is 0 Å². The predicted molar refractivity (Wildman–Crippen MR) is 127 cm³/mol. The van der Waals surface area contributed by atoms with E-state index in [1.165, 1.54) is 10.9 Å². The first kappa shape index (κ1) is 22.5. The van der Waals surface area contributed by atoms with E-state index in [-0.39, 0.29) is 5.56 Å². The molecule has 0 amide bonds. The fraction of sp³-hybridized carbons (Fsp3) is 0.227. The normalized spacial score (nSPS) is 11.3. The number of halogens is 3. The van der Waals surface area contributed by atoms with E-state index in [0.717, 1.165) is 17.3 Å². The van der Waals surface area contributed by atoms with Crippen LogP contribution in [0.4, 0.5) is 0 Å². The summed E-state index contributed by atoms with van der Waals surface area (Å²) in [5, 5.41) is 5.61. The van der Waals surface area contributed by atoms with Crippen LogP contribution in [0.5, 0.6) is 5.75 Å². The van der Waals surface area contributed by atoms with Gasteiger partial charge in [0.25, 0.3) is 5.56 Å². The Bertz CT molecular complexity index is 1150. The van der Waals surface area contributed by atoms with Crippen molar-refractivity contribution >= 4 is 56.2 Å². The van der Waals surface area contributed by atoms with Crippen LogP contribution in [-0.2, 0) is 6.42 Å². The lowest BCUT2D eigenvalue weighted by Gasteiger charge is -2.10. The van der Waals surface area contributed by atoms with Gasteiger partial charge in [-0.25, -0.2) is 4.98 Å². The summed E-state index contributed by atoms with van der Waals surface area (Å²) in [7, 11) is 0. The summed E-state index contributed by atoms with van der Waals surface area (Å²) < 4.78 is 7.63. The van der Waals surface area contributed by atoms with Crippen molar-refractivity contribution in [1.29, 1.82) is 0 Å². The lowest BCUT2D eigenvalue weighted by atomic mass is 10.2. The molecule has 0 atom stereocenters. The number of hydrogen-bond donors (Lipinski definition) is 0. The second-order valence-electron chi connectivity index (χ2n) is 6.57.